The first-order chi connectivity index (χ1) is 15.4. The van der Waals surface area contributed by atoms with E-state index in [9.17, 15) is 8.42 Å². The number of aromatic nitrogens is 4. The van der Waals surface area contributed by atoms with Gasteiger partial charge < -0.3 is 10.5 Å². The maximum Gasteiger partial charge on any atom is 0.263 e. The molecule has 0 saturated heterocycles. The Labute approximate surface area is 194 Å². The maximum atomic E-state index is 12.7. The third-order valence-corrected chi connectivity index (χ3v) is 6.82. The molecule has 0 unspecified atom stereocenters. The lowest BCUT2D eigenvalue weighted by atomic mass is 10.2. The summed E-state index contributed by atoms with van der Waals surface area (Å²) in [6.45, 7) is 0.921. The first-order valence-corrected chi connectivity index (χ1v) is 11.7. The molecule has 0 aliphatic rings. The van der Waals surface area contributed by atoms with E-state index in [1.54, 1.807) is 30.5 Å². The summed E-state index contributed by atoms with van der Waals surface area (Å²) < 4.78 is 33.6. The molecule has 4 N–H and O–H groups in total. The molecule has 0 aliphatic carbocycles. The van der Waals surface area contributed by atoms with Gasteiger partial charge in [0.15, 0.2) is 11.5 Å². The van der Waals surface area contributed by atoms with E-state index in [2.05, 4.69) is 24.9 Å². The highest BCUT2D eigenvalue weighted by atomic mass is 35.5. The quantitative estimate of drug-likeness (QED) is 0.317. The normalized spacial score (nSPS) is 11.6. The molecule has 0 fully saturated rings. The number of benzene rings is 2. The van der Waals surface area contributed by atoms with Crippen LogP contribution in [0.15, 0.2) is 53.6 Å². The molecule has 0 aliphatic heterocycles. The van der Waals surface area contributed by atoms with E-state index in [0.29, 0.717) is 53.6 Å². The first kappa shape index (κ1) is 22.3. The fourth-order valence-corrected chi connectivity index (χ4v) is 4.71. The number of nitrogens with one attached hydrogen (secondary N) is 2. The van der Waals surface area contributed by atoms with E-state index < -0.39 is 10.0 Å². The third kappa shape index (κ3) is 4.63. The topological polar surface area (TPSA) is 136 Å². The van der Waals surface area contributed by atoms with Gasteiger partial charge in [0.1, 0.15) is 10.3 Å². The zero-order valence-corrected chi connectivity index (χ0v) is 18.9. The van der Waals surface area contributed by atoms with Gasteiger partial charge in [-0.25, -0.2) is 13.4 Å². The van der Waals surface area contributed by atoms with Gasteiger partial charge in [0.25, 0.3) is 10.0 Å². The van der Waals surface area contributed by atoms with Crippen LogP contribution < -0.4 is 15.2 Å². The molecule has 2 aromatic carbocycles. The summed E-state index contributed by atoms with van der Waals surface area (Å²) in [5.41, 5.74) is 7.05. The van der Waals surface area contributed by atoms with Gasteiger partial charge in [0.05, 0.1) is 22.8 Å². The minimum atomic E-state index is -3.93. The Hall–Kier alpha value is -2.92. The maximum absolute atomic E-state index is 12.7. The van der Waals surface area contributed by atoms with Crippen LogP contribution in [0.25, 0.3) is 22.4 Å². The largest absolute Gasteiger partial charge is 0.477 e. The number of nitrogens with zero attached hydrogens (tertiary/aromatic N) is 3. The second-order valence-corrected chi connectivity index (χ2v) is 9.15. The van der Waals surface area contributed by atoms with Crippen LogP contribution in [0.4, 0.5) is 5.69 Å². The lowest BCUT2D eigenvalue weighted by molar-refractivity contribution is 0.305. The molecule has 0 saturated carbocycles. The number of hydrogen-bond acceptors (Lipinski definition) is 7. The van der Waals surface area contributed by atoms with Gasteiger partial charge >= 0.3 is 0 Å². The molecule has 0 spiro atoms. The first-order valence-electron chi connectivity index (χ1n) is 9.50. The number of ether oxygens (including phenoxy) is 1. The molecule has 0 bridgehead atoms. The van der Waals surface area contributed by atoms with Crippen LogP contribution in [-0.2, 0) is 10.0 Å². The van der Waals surface area contributed by atoms with Crippen molar-refractivity contribution < 1.29 is 13.2 Å². The molecule has 12 heteroatoms. The van der Waals surface area contributed by atoms with Crippen LogP contribution in [0.5, 0.6) is 5.88 Å². The summed E-state index contributed by atoms with van der Waals surface area (Å²) in [6.07, 6.45) is 2.28. The second kappa shape index (κ2) is 9.29. The number of hydrogen-bond donors (Lipinski definition) is 3. The predicted molar refractivity (Wildman–Crippen MR) is 124 cm³/mol. The Bertz CT molecular complexity index is 1360. The molecule has 4 aromatic rings. The number of rotatable bonds is 8. The van der Waals surface area contributed by atoms with Crippen LogP contribution in [0, 0.1) is 0 Å². The summed E-state index contributed by atoms with van der Waals surface area (Å²) in [7, 11) is -3.93. The van der Waals surface area contributed by atoms with Gasteiger partial charge in [-0.15, -0.1) is 0 Å². The fourth-order valence-electron chi connectivity index (χ4n) is 2.89. The van der Waals surface area contributed by atoms with Gasteiger partial charge in [-0.2, -0.15) is 10.1 Å². The molecule has 2 aromatic heterocycles. The number of halogens is 2. The Morgan fingerprint density at radius 1 is 1.09 bits per heavy atom. The lowest BCUT2D eigenvalue weighted by Crippen LogP contribution is -2.13. The zero-order valence-electron chi connectivity index (χ0n) is 16.5. The van der Waals surface area contributed by atoms with E-state index in [-0.39, 0.29) is 14.9 Å². The summed E-state index contributed by atoms with van der Waals surface area (Å²) in [5, 5.41) is 7.58. The number of nitrogens with two attached hydrogens (primary N) is 1. The number of anilines is 1. The van der Waals surface area contributed by atoms with Crippen LogP contribution in [-0.4, -0.2) is 41.7 Å². The van der Waals surface area contributed by atoms with Crippen molar-refractivity contribution in [3.8, 4) is 17.3 Å². The summed E-state index contributed by atoms with van der Waals surface area (Å²) in [4.78, 5) is 8.84. The minimum Gasteiger partial charge on any atom is -0.477 e. The van der Waals surface area contributed by atoms with Crippen molar-refractivity contribution in [1.82, 2.24) is 20.2 Å². The summed E-state index contributed by atoms with van der Waals surface area (Å²) in [6, 6.07) is 11.0. The van der Waals surface area contributed by atoms with Crippen molar-refractivity contribution in [3.63, 3.8) is 0 Å². The van der Waals surface area contributed by atoms with E-state index in [1.807, 2.05) is 0 Å². The van der Waals surface area contributed by atoms with Gasteiger partial charge in [-0.3, -0.25) is 9.82 Å². The fraction of sp³-hybridized carbons (Fsp3) is 0.150. The molecule has 0 amide bonds. The number of sulfonamides is 1. The Morgan fingerprint density at radius 2 is 1.88 bits per heavy atom. The van der Waals surface area contributed by atoms with Crippen LogP contribution in [0.2, 0.25) is 10.0 Å². The Morgan fingerprint density at radius 3 is 2.62 bits per heavy atom. The molecule has 32 heavy (non-hydrogen) atoms. The van der Waals surface area contributed by atoms with Crippen molar-refractivity contribution >= 4 is 49.9 Å². The lowest BCUT2D eigenvalue weighted by Gasteiger charge is -2.11. The Balaban J connectivity index is 1.60. The predicted octanol–water partition coefficient (Wildman–Crippen LogP) is 3.86. The molecule has 0 radical (unpaired) electrons. The zero-order chi connectivity index (χ0) is 22.7. The molecular formula is C20H18Cl2N6O3S. The summed E-state index contributed by atoms with van der Waals surface area (Å²) >= 11 is 12.0. The van der Waals surface area contributed by atoms with E-state index in [0.717, 1.165) is 0 Å². The molecule has 4 rings (SSSR count). The molecule has 166 valence electrons. The average molecular weight is 493 g/mol. The average Bonchev–Trinajstić information content (AvgIpc) is 3.25. The van der Waals surface area contributed by atoms with Gasteiger partial charge in [-0.05, 0) is 49.4 Å². The smallest absolute Gasteiger partial charge is 0.263 e. The van der Waals surface area contributed by atoms with E-state index >= 15 is 0 Å². The van der Waals surface area contributed by atoms with Crippen molar-refractivity contribution in [2.75, 3.05) is 17.9 Å². The SMILES string of the molecule is NCCCOc1nc(-c2ccc(NS(=O)(=O)c3cccc(Cl)c3Cl)cc2)nc2[nH]ncc12. The molecular weight excluding hydrogens is 475 g/mol. The monoisotopic (exact) mass is 492 g/mol. The van der Waals surface area contributed by atoms with Crippen molar-refractivity contribution in [1.29, 1.82) is 0 Å². The molecule has 2 heterocycles. The highest BCUT2D eigenvalue weighted by Gasteiger charge is 2.20. The van der Waals surface area contributed by atoms with Gasteiger partial charge in [0, 0.05) is 11.3 Å². The molecule has 9 nitrogen and oxygen atoms in total. The van der Waals surface area contributed by atoms with Crippen molar-refractivity contribution in [2.45, 2.75) is 11.3 Å². The number of H-pyrrole nitrogens is 1. The van der Waals surface area contributed by atoms with E-state index in [4.69, 9.17) is 33.7 Å². The van der Waals surface area contributed by atoms with Crippen molar-refractivity contribution in [2.24, 2.45) is 5.73 Å². The van der Waals surface area contributed by atoms with Crippen LogP contribution >= 0.6 is 23.2 Å². The Kier molecular flexibility index (Phi) is 6.47. The second-order valence-electron chi connectivity index (χ2n) is 6.71. The highest BCUT2D eigenvalue weighted by Crippen LogP contribution is 2.31. The minimum absolute atomic E-state index is 0.0401. The van der Waals surface area contributed by atoms with Crippen molar-refractivity contribution in [3.05, 3.63) is 58.7 Å². The van der Waals surface area contributed by atoms with E-state index in [1.165, 1.54) is 18.2 Å². The molecule has 0 atom stereocenters. The number of aromatic amines is 1. The van der Waals surface area contributed by atoms with Gasteiger partial charge in [0.2, 0.25) is 5.88 Å². The van der Waals surface area contributed by atoms with Crippen LogP contribution in [0.1, 0.15) is 6.42 Å². The summed E-state index contributed by atoms with van der Waals surface area (Å²) in [5.74, 6) is 0.796. The van der Waals surface area contributed by atoms with Crippen LogP contribution in [0.3, 0.4) is 0 Å². The van der Waals surface area contributed by atoms with Gasteiger partial charge in [-0.1, -0.05) is 29.3 Å². The number of fused-ring (bicyclic) bond motifs is 1. The third-order valence-electron chi connectivity index (χ3n) is 4.46. The highest BCUT2D eigenvalue weighted by molar-refractivity contribution is 7.92. The standard InChI is InChI=1S/C20H18Cl2N6O3S/c21-15-3-1-4-16(17(15)22)32(29,30)28-13-7-5-12(6-8-13)18-25-19-14(11-24-27-19)20(26-18)31-10-2-9-23/h1,3-8,11,28H,2,9-10,23H2,(H,24,25,26,27).